The molecular weight excluding hydrogens is 428 g/mol. The van der Waals surface area contributed by atoms with Crippen molar-refractivity contribution in [1.29, 1.82) is 0 Å². The van der Waals surface area contributed by atoms with Gasteiger partial charge in [0, 0.05) is 11.1 Å². The molecule has 3 aromatic carbocycles. The minimum atomic E-state index is -0.540. The first kappa shape index (κ1) is 21.7. The van der Waals surface area contributed by atoms with E-state index < -0.39 is 5.97 Å². The molecule has 5 nitrogen and oxygen atoms in total. The van der Waals surface area contributed by atoms with Crippen molar-refractivity contribution in [3.63, 3.8) is 0 Å². The van der Waals surface area contributed by atoms with Crippen molar-refractivity contribution >= 4 is 28.5 Å². The second-order valence-electron chi connectivity index (χ2n) is 8.36. The molecule has 6 heteroatoms. The standard InChI is InChI=1S/C26H21ClO5/c1-26(2,3)17-6-10-19(11-7-17)31-23-15-30-22-14-20(12-13-21(22)24(23)28)32-25(29)16-4-8-18(27)9-5-16/h4-15H,1-3H3. The van der Waals surface area contributed by atoms with Crippen LogP contribution in [-0.2, 0) is 5.41 Å². The van der Waals surface area contributed by atoms with Crippen LogP contribution in [0.4, 0.5) is 0 Å². The molecule has 0 fully saturated rings. The number of ether oxygens (including phenoxy) is 2. The van der Waals surface area contributed by atoms with Crippen molar-refractivity contribution < 1.29 is 18.7 Å². The van der Waals surface area contributed by atoms with Gasteiger partial charge < -0.3 is 13.9 Å². The number of esters is 1. The van der Waals surface area contributed by atoms with Crippen LogP contribution in [0.3, 0.4) is 0 Å². The number of rotatable bonds is 4. The largest absolute Gasteiger partial charge is 0.460 e. The second-order valence-corrected chi connectivity index (χ2v) is 8.80. The van der Waals surface area contributed by atoms with E-state index in [9.17, 15) is 9.59 Å². The highest BCUT2D eigenvalue weighted by molar-refractivity contribution is 6.30. The lowest BCUT2D eigenvalue weighted by Crippen LogP contribution is -2.10. The van der Waals surface area contributed by atoms with E-state index in [0.29, 0.717) is 21.7 Å². The fourth-order valence-electron chi connectivity index (χ4n) is 3.13. The highest BCUT2D eigenvalue weighted by atomic mass is 35.5. The molecule has 162 valence electrons. The zero-order valence-corrected chi connectivity index (χ0v) is 18.6. The summed E-state index contributed by atoms with van der Waals surface area (Å²) in [5.41, 5.74) is 1.51. The van der Waals surface area contributed by atoms with E-state index in [-0.39, 0.29) is 27.9 Å². The predicted octanol–water partition coefficient (Wildman–Crippen LogP) is 6.76. The van der Waals surface area contributed by atoms with Gasteiger partial charge in [0.05, 0.1) is 10.9 Å². The number of fused-ring (bicyclic) bond motifs is 1. The minimum Gasteiger partial charge on any atom is -0.460 e. The van der Waals surface area contributed by atoms with Crippen LogP contribution in [0.1, 0.15) is 36.7 Å². The normalized spacial score (nSPS) is 11.4. The van der Waals surface area contributed by atoms with E-state index in [1.807, 2.05) is 24.3 Å². The van der Waals surface area contributed by atoms with Crippen molar-refractivity contribution in [3.8, 4) is 17.2 Å². The molecular formula is C26H21ClO5. The SMILES string of the molecule is CC(C)(C)c1ccc(Oc2coc3cc(OC(=O)c4ccc(Cl)cc4)ccc3c2=O)cc1. The van der Waals surface area contributed by atoms with Crippen LogP contribution >= 0.6 is 11.6 Å². The summed E-state index contributed by atoms with van der Waals surface area (Å²) >= 11 is 5.84. The summed E-state index contributed by atoms with van der Waals surface area (Å²) in [6.45, 7) is 6.38. The van der Waals surface area contributed by atoms with Gasteiger partial charge in [0.25, 0.3) is 0 Å². The average molecular weight is 449 g/mol. The van der Waals surface area contributed by atoms with Crippen molar-refractivity contribution in [2.45, 2.75) is 26.2 Å². The van der Waals surface area contributed by atoms with Gasteiger partial charge in [0.15, 0.2) is 0 Å². The minimum absolute atomic E-state index is 0.0230. The average Bonchev–Trinajstić information content (AvgIpc) is 2.76. The lowest BCUT2D eigenvalue weighted by atomic mass is 9.87. The number of carbonyl (C=O) groups is 1. The van der Waals surface area contributed by atoms with Crippen LogP contribution in [0.25, 0.3) is 11.0 Å². The van der Waals surface area contributed by atoms with E-state index in [1.165, 1.54) is 18.4 Å². The van der Waals surface area contributed by atoms with Crippen LogP contribution in [0, 0.1) is 0 Å². The molecule has 0 aliphatic carbocycles. The molecule has 4 aromatic rings. The van der Waals surface area contributed by atoms with Crippen LogP contribution in [0.2, 0.25) is 5.02 Å². The summed E-state index contributed by atoms with van der Waals surface area (Å²) in [6.07, 6.45) is 1.26. The van der Waals surface area contributed by atoms with Crippen molar-refractivity contribution in [2.24, 2.45) is 0 Å². The first-order chi connectivity index (χ1) is 15.2. The lowest BCUT2D eigenvalue weighted by Gasteiger charge is -2.19. The molecule has 0 saturated carbocycles. The Balaban J connectivity index is 1.55. The maximum atomic E-state index is 12.8. The monoisotopic (exact) mass is 448 g/mol. The molecule has 0 spiro atoms. The molecule has 0 aliphatic heterocycles. The van der Waals surface area contributed by atoms with Crippen molar-refractivity contribution in [1.82, 2.24) is 0 Å². The zero-order chi connectivity index (χ0) is 22.9. The van der Waals surface area contributed by atoms with Crippen LogP contribution in [0.5, 0.6) is 17.2 Å². The summed E-state index contributed by atoms with van der Waals surface area (Å²) in [5, 5.41) is 0.845. The highest BCUT2D eigenvalue weighted by Crippen LogP contribution is 2.27. The Kier molecular flexibility index (Phi) is 5.76. The van der Waals surface area contributed by atoms with E-state index in [4.69, 9.17) is 25.5 Å². The molecule has 0 N–H and O–H groups in total. The van der Waals surface area contributed by atoms with Gasteiger partial charge >= 0.3 is 5.97 Å². The summed E-state index contributed by atoms with van der Waals surface area (Å²) in [4.78, 5) is 25.1. The van der Waals surface area contributed by atoms with Gasteiger partial charge in [-0.25, -0.2) is 4.79 Å². The highest BCUT2D eigenvalue weighted by Gasteiger charge is 2.15. The van der Waals surface area contributed by atoms with Crippen molar-refractivity contribution in [2.75, 3.05) is 0 Å². The molecule has 0 unspecified atom stereocenters. The van der Waals surface area contributed by atoms with E-state index in [2.05, 4.69) is 20.8 Å². The number of halogens is 1. The molecule has 0 radical (unpaired) electrons. The zero-order valence-electron chi connectivity index (χ0n) is 17.8. The maximum absolute atomic E-state index is 12.8. The van der Waals surface area contributed by atoms with Gasteiger partial charge in [-0.2, -0.15) is 0 Å². The fraction of sp³-hybridized carbons (Fsp3) is 0.154. The third-order valence-electron chi connectivity index (χ3n) is 4.95. The van der Waals surface area contributed by atoms with E-state index in [0.717, 1.165) is 5.56 Å². The first-order valence-corrected chi connectivity index (χ1v) is 10.4. The molecule has 1 aromatic heterocycles. The smallest absolute Gasteiger partial charge is 0.343 e. The third-order valence-corrected chi connectivity index (χ3v) is 5.21. The first-order valence-electron chi connectivity index (χ1n) is 10.0. The maximum Gasteiger partial charge on any atom is 0.343 e. The number of hydrogen-bond donors (Lipinski definition) is 0. The molecule has 32 heavy (non-hydrogen) atoms. The quantitative estimate of drug-likeness (QED) is 0.255. The Morgan fingerprint density at radius 3 is 2.22 bits per heavy atom. The second kappa shape index (κ2) is 8.52. The van der Waals surface area contributed by atoms with Gasteiger partial charge in [0.1, 0.15) is 23.3 Å². The molecule has 1 heterocycles. The predicted molar refractivity (Wildman–Crippen MR) is 124 cm³/mol. The fourth-order valence-corrected chi connectivity index (χ4v) is 3.25. The summed E-state index contributed by atoms with van der Waals surface area (Å²) in [5.74, 6) is 0.333. The van der Waals surface area contributed by atoms with Gasteiger partial charge in [-0.3, -0.25) is 4.79 Å². The van der Waals surface area contributed by atoms with Gasteiger partial charge in [-0.1, -0.05) is 44.5 Å². The number of carbonyl (C=O) groups excluding carboxylic acids is 1. The van der Waals surface area contributed by atoms with Crippen LogP contribution < -0.4 is 14.9 Å². The Bertz CT molecular complexity index is 1330. The summed E-state index contributed by atoms with van der Waals surface area (Å²) in [6, 6.07) is 18.5. The Morgan fingerprint density at radius 1 is 0.906 bits per heavy atom. The number of hydrogen-bond acceptors (Lipinski definition) is 5. The van der Waals surface area contributed by atoms with E-state index in [1.54, 1.807) is 30.3 Å². The Labute approximate surface area is 190 Å². The number of benzene rings is 3. The molecule has 0 atom stereocenters. The molecule has 4 rings (SSSR count). The molecule has 0 bridgehead atoms. The molecule has 0 saturated heterocycles. The van der Waals surface area contributed by atoms with Crippen molar-refractivity contribution in [3.05, 3.63) is 99.4 Å². The Hall–Kier alpha value is -3.57. The Morgan fingerprint density at radius 2 is 1.56 bits per heavy atom. The summed E-state index contributed by atoms with van der Waals surface area (Å²) in [7, 11) is 0. The van der Waals surface area contributed by atoms with E-state index >= 15 is 0 Å². The van der Waals surface area contributed by atoms with Gasteiger partial charge in [-0.05, 0) is 59.5 Å². The third kappa shape index (κ3) is 4.68. The van der Waals surface area contributed by atoms with Crippen LogP contribution in [-0.4, -0.2) is 5.97 Å². The summed E-state index contributed by atoms with van der Waals surface area (Å²) < 4.78 is 16.7. The van der Waals surface area contributed by atoms with Gasteiger partial charge in [-0.15, -0.1) is 0 Å². The molecule has 0 aliphatic rings. The van der Waals surface area contributed by atoms with Crippen LogP contribution in [0.15, 0.2) is 82.2 Å². The molecule has 0 amide bonds. The van der Waals surface area contributed by atoms with Gasteiger partial charge in [0.2, 0.25) is 11.2 Å². The lowest BCUT2D eigenvalue weighted by molar-refractivity contribution is 0.0735. The topological polar surface area (TPSA) is 65.7 Å².